The molecule has 3 unspecified atom stereocenters. The maximum Gasteiger partial charge on any atom is 0.419 e. The Bertz CT molecular complexity index is 1230. The molecule has 0 aliphatic carbocycles. The Hall–Kier alpha value is -2.79. The molecule has 0 N–H and O–H groups in total. The number of anilines is 1. The molecule has 1 aromatic carbocycles. The smallest absolute Gasteiger partial charge is 0.373 e. The number of morpholine rings is 1. The van der Waals surface area contributed by atoms with Crippen LogP contribution in [-0.2, 0) is 16.6 Å². The highest BCUT2D eigenvalue weighted by Gasteiger charge is 2.52. The van der Waals surface area contributed by atoms with E-state index in [4.69, 9.17) is 26.3 Å². The number of hydrogen-bond donors (Lipinski definition) is 0. The van der Waals surface area contributed by atoms with Gasteiger partial charge in [-0.25, -0.2) is 15.0 Å². The summed E-state index contributed by atoms with van der Waals surface area (Å²) in [5.74, 6) is 0.518. The van der Waals surface area contributed by atoms with Gasteiger partial charge in [-0.3, -0.25) is 9.80 Å². The second-order valence-corrected chi connectivity index (χ2v) is 10.1. The molecule has 38 heavy (non-hydrogen) atoms. The minimum Gasteiger partial charge on any atom is -0.373 e. The Labute approximate surface area is 225 Å². The van der Waals surface area contributed by atoms with Crippen molar-refractivity contribution in [3.05, 3.63) is 83.0 Å². The molecule has 11 heteroatoms. The van der Waals surface area contributed by atoms with Crippen molar-refractivity contribution in [2.24, 2.45) is 0 Å². The van der Waals surface area contributed by atoms with Gasteiger partial charge in [-0.15, -0.1) is 0 Å². The highest BCUT2D eigenvalue weighted by Crippen LogP contribution is 2.43. The third kappa shape index (κ3) is 4.98. The van der Waals surface area contributed by atoms with E-state index in [0.717, 1.165) is 11.6 Å². The van der Waals surface area contributed by atoms with Crippen molar-refractivity contribution in [2.75, 3.05) is 44.2 Å². The molecule has 0 spiro atoms. The molecule has 2 aliphatic rings. The van der Waals surface area contributed by atoms with Crippen LogP contribution in [0.15, 0.2) is 61.1 Å². The lowest BCUT2D eigenvalue weighted by Crippen LogP contribution is -2.67. The zero-order chi connectivity index (χ0) is 26.9. The number of nitrogens with zero attached hydrogens (tertiary/aromatic N) is 6. The predicted molar refractivity (Wildman–Crippen MR) is 139 cm³/mol. The van der Waals surface area contributed by atoms with Crippen molar-refractivity contribution in [1.82, 2.24) is 24.8 Å². The molecule has 0 amide bonds. The van der Waals surface area contributed by atoms with Gasteiger partial charge < -0.3 is 9.64 Å². The maximum atomic E-state index is 13.7. The van der Waals surface area contributed by atoms with E-state index in [1.54, 1.807) is 23.4 Å². The lowest BCUT2D eigenvalue weighted by Gasteiger charge is -2.55. The average Bonchev–Trinajstić information content (AvgIpc) is 2.90. The summed E-state index contributed by atoms with van der Waals surface area (Å²) in [4.78, 5) is 19.8. The highest BCUT2D eigenvalue weighted by molar-refractivity contribution is 6.31. The van der Waals surface area contributed by atoms with Crippen molar-refractivity contribution < 1.29 is 17.9 Å². The second kappa shape index (κ2) is 10.8. The van der Waals surface area contributed by atoms with Crippen molar-refractivity contribution in [2.45, 2.75) is 37.9 Å². The number of aromatic nitrogens is 3. The summed E-state index contributed by atoms with van der Waals surface area (Å²) in [6.45, 7) is 6.84. The van der Waals surface area contributed by atoms with Crippen LogP contribution in [0.4, 0.5) is 19.0 Å². The van der Waals surface area contributed by atoms with Crippen LogP contribution in [0.1, 0.15) is 30.8 Å². The first kappa shape index (κ1) is 26.8. The molecular formula is C27H30ClF3N6O. The molecule has 7 nitrogen and oxygen atoms in total. The number of rotatable bonds is 5. The number of ether oxygens (including phenoxy) is 1. The monoisotopic (exact) mass is 546 g/mol. The first-order chi connectivity index (χ1) is 18.2. The number of piperazine rings is 1. The van der Waals surface area contributed by atoms with Crippen LogP contribution in [0.2, 0.25) is 5.02 Å². The van der Waals surface area contributed by atoms with Gasteiger partial charge in [-0.05, 0) is 38.1 Å². The van der Waals surface area contributed by atoms with E-state index in [1.807, 2.05) is 38.1 Å². The summed E-state index contributed by atoms with van der Waals surface area (Å²) in [6.07, 6.45) is 0.239. The van der Waals surface area contributed by atoms with Crippen LogP contribution < -0.4 is 4.90 Å². The van der Waals surface area contributed by atoms with Gasteiger partial charge in [0.2, 0.25) is 0 Å². The molecule has 3 atom stereocenters. The first-order valence-corrected chi connectivity index (χ1v) is 13.0. The Morgan fingerprint density at radius 1 is 0.789 bits per heavy atom. The van der Waals surface area contributed by atoms with Gasteiger partial charge in [-0.2, -0.15) is 13.2 Å². The summed E-state index contributed by atoms with van der Waals surface area (Å²) in [6, 6.07) is 11.8. The highest BCUT2D eigenvalue weighted by atomic mass is 35.5. The van der Waals surface area contributed by atoms with Gasteiger partial charge >= 0.3 is 6.18 Å². The topological polar surface area (TPSA) is 57.6 Å². The third-order valence-electron chi connectivity index (χ3n) is 7.13. The SMILES string of the molecule is CC1CN(C(c2ncccn2)(c2ccccc2Cl)N2CCN(c3ncccc3C(F)(F)F)CC2)CC(C)O1. The van der Waals surface area contributed by atoms with Crippen LogP contribution in [0.25, 0.3) is 0 Å². The lowest BCUT2D eigenvalue weighted by atomic mass is 9.91. The fraction of sp³-hybridized carbons (Fsp3) is 0.444. The Kier molecular flexibility index (Phi) is 7.59. The van der Waals surface area contributed by atoms with Crippen molar-refractivity contribution in [3.63, 3.8) is 0 Å². The molecule has 4 heterocycles. The summed E-state index contributed by atoms with van der Waals surface area (Å²) in [5.41, 5.74) is -0.848. The Morgan fingerprint density at radius 2 is 1.39 bits per heavy atom. The minimum absolute atomic E-state index is 0.0477. The molecular weight excluding hydrogens is 517 g/mol. The van der Waals surface area contributed by atoms with Crippen molar-refractivity contribution in [1.29, 1.82) is 0 Å². The molecule has 0 bridgehead atoms. The summed E-state index contributed by atoms with van der Waals surface area (Å²) in [5, 5.41) is 0.568. The molecule has 2 saturated heterocycles. The Balaban J connectivity index is 1.59. The van der Waals surface area contributed by atoms with Crippen LogP contribution in [0, 0.1) is 0 Å². The largest absolute Gasteiger partial charge is 0.419 e. The first-order valence-electron chi connectivity index (χ1n) is 12.7. The number of alkyl halides is 3. The molecule has 2 aliphatic heterocycles. The average molecular weight is 547 g/mol. The summed E-state index contributed by atoms with van der Waals surface area (Å²) >= 11 is 6.88. The molecule has 0 saturated carbocycles. The van der Waals surface area contributed by atoms with E-state index < -0.39 is 17.4 Å². The van der Waals surface area contributed by atoms with Gasteiger partial charge in [0.05, 0.1) is 17.8 Å². The predicted octanol–water partition coefficient (Wildman–Crippen LogP) is 4.68. The zero-order valence-corrected chi connectivity index (χ0v) is 22.0. The fourth-order valence-electron chi connectivity index (χ4n) is 5.72. The van der Waals surface area contributed by atoms with E-state index in [-0.39, 0.29) is 18.0 Å². The van der Waals surface area contributed by atoms with Gasteiger partial charge in [0.25, 0.3) is 0 Å². The lowest BCUT2D eigenvalue weighted by molar-refractivity contribution is -0.140. The van der Waals surface area contributed by atoms with E-state index in [0.29, 0.717) is 50.1 Å². The number of pyridine rings is 1. The van der Waals surface area contributed by atoms with Crippen LogP contribution in [0.3, 0.4) is 0 Å². The van der Waals surface area contributed by atoms with E-state index in [9.17, 15) is 13.2 Å². The number of halogens is 4. The third-order valence-corrected chi connectivity index (χ3v) is 7.46. The van der Waals surface area contributed by atoms with Crippen molar-refractivity contribution >= 4 is 17.4 Å². The molecule has 5 rings (SSSR count). The number of benzene rings is 1. The zero-order valence-electron chi connectivity index (χ0n) is 21.3. The van der Waals surface area contributed by atoms with Gasteiger partial charge in [0.1, 0.15) is 5.82 Å². The van der Waals surface area contributed by atoms with Crippen molar-refractivity contribution in [3.8, 4) is 0 Å². The van der Waals surface area contributed by atoms with Gasteiger partial charge in [-0.1, -0.05) is 29.8 Å². The Morgan fingerprint density at radius 3 is 2.03 bits per heavy atom. The summed E-state index contributed by atoms with van der Waals surface area (Å²) in [7, 11) is 0. The van der Waals surface area contributed by atoms with Crippen LogP contribution in [-0.4, -0.2) is 76.2 Å². The van der Waals surface area contributed by atoms with Gasteiger partial charge in [0.15, 0.2) is 11.5 Å². The number of hydrogen-bond acceptors (Lipinski definition) is 7. The van der Waals surface area contributed by atoms with E-state index in [1.165, 1.54) is 12.3 Å². The molecule has 0 radical (unpaired) electrons. The minimum atomic E-state index is -4.49. The van der Waals surface area contributed by atoms with Crippen LogP contribution >= 0.6 is 11.6 Å². The second-order valence-electron chi connectivity index (χ2n) is 9.73. The normalized spacial score (nSPS) is 23.3. The quantitative estimate of drug-likeness (QED) is 0.461. The summed E-state index contributed by atoms with van der Waals surface area (Å²) < 4.78 is 47.3. The van der Waals surface area contributed by atoms with Gasteiger partial charge in [0, 0.05) is 68.4 Å². The molecule has 3 aromatic rings. The standard InChI is InChI=1S/C27H30ClF3N6O/c1-19-17-37(18-20(2)38-19)26(25-33-11-6-12-34-25,21-7-3-4-9-23(21)28)36-15-13-35(14-16-36)24-22(27(29,30)31)8-5-10-32-24/h3-12,19-20H,13-18H2,1-2H3. The maximum absolute atomic E-state index is 13.7. The van der Waals surface area contributed by atoms with E-state index in [2.05, 4.69) is 14.8 Å². The molecule has 2 fully saturated rings. The van der Waals surface area contributed by atoms with Crippen LogP contribution in [0.5, 0.6) is 0 Å². The van der Waals surface area contributed by atoms with E-state index >= 15 is 0 Å². The molecule has 202 valence electrons. The fourth-order valence-corrected chi connectivity index (χ4v) is 5.99. The molecule has 2 aromatic heterocycles.